The minimum atomic E-state index is -0.606. The van der Waals surface area contributed by atoms with Crippen molar-refractivity contribution in [2.24, 2.45) is 17.8 Å². The Morgan fingerprint density at radius 1 is 1.19 bits per heavy atom. The van der Waals surface area contributed by atoms with Crippen LogP contribution in [0.25, 0.3) is 0 Å². The molecule has 116 valence electrons. The summed E-state index contributed by atoms with van der Waals surface area (Å²) >= 11 is 0. The molecule has 0 bridgehead atoms. The van der Waals surface area contributed by atoms with Gasteiger partial charge in [-0.25, -0.2) is 0 Å². The Hall–Kier alpha value is -1.10. The Kier molecular flexibility index (Phi) is 4.20. The molecule has 1 N–H and O–H groups in total. The molecule has 1 aromatic carbocycles. The van der Waals surface area contributed by atoms with E-state index in [9.17, 15) is 5.11 Å². The molecule has 3 rings (SSSR count). The van der Waals surface area contributed by atoms with Gasteiger partial charge in [-0.1, -0.05) is 26.0 Å². The highest BCUT2D eigenvalue weighted by Gasteiger charge is 2.51. The minimum Gasteiger partial charge on any atom is -0.497 e. The van der Waals surface area contributed by atoms with Gasteiger partial charge in [-0.3, -0.25) is 0 Å². The van der Waals surface area contributed by atoms with Crippen molar-refractivity contribution in [3.05, 3.63) is 29.8 Å². The van der Waals surface area contributed by atoms with Gasteiger partial charge in [0.1, 0.15) is 5.75 Å². The number of hydrogen-bond acceptors (Lipinski definition) is 4. The number of fused-ring (bicyclic) bond motifs is 1. The van der Waals surface area contributed by atoms with Crippen LogP contribution in [0.2, 0.25) is 0 Å². The summed E-state index contributed by atoms with van der Waals surface area (Å²) in [7, 11) is 1.67. The Labute approximate surface area is 126 Å². The number of aliphatic hydroxyl groups excluding tert-OH is 1. The Bertz CT molecular complexity index is 472. The third-order valence-electron chi connectivity index (χ3n) is 5.08. The topological polar surface area (TPSA) is 47.9 Å². The molecule has 1 heterocycles. The second-order valence-corrected chi connectivity index (χ2v) is 6.29. The van der Waals surface area contributed by atoms with Crippen LogP contribution in [0.4, 0.5) is 0 Å². The van der Waals surface area contributed by atoms with Crippen molar-refractivity contribution in [2.45, 2.75) is 45.4 Å². The second-order valence-electron chi connectivity index (χ2n) is 6.29. The monoisotopic (exact) mass is 292 g/mol. The van der Waals surface area contributed by atoms with E-state index in [-0.39, 0.29) is 18.1 Å². The van der Waals surface area contributed by atoms with Crippen LogP contribution in [0.1, 0.15) is 25.8 Å². The Morgan fingerprint density at radius 2 is 1.90 bits per heavy atom. The second kappa shape index (κ2) is 5.95. The molecule has 0 aromatic heterocycles. The van der Waals surface area contributed by atoms with Gasteiger partial charge in [0.25, 0.3) is 0 Å². The van der Waals surface area contributed by atoms with E-state index in [1.54, 1.807) is 7.11 Å². The molecule has 2 aliphatic rings. The van der Waals surface area contributed by atoms with Crippen LogP contribution in [0.3, 0.4) is 0 Å². The van der Waals surface area contributed by atoms with E-state index in [1.807, 2.05) is 24.3 Å². The van der Waals surface area contributed by atoms with Crippen molar-refractivity contribution in [2.75, 3.05) is 7.11 Å². The maximum atomic E-state index is 9.79. The van der Waals surface area contributed by atoms with Crippen LogP contribution in [0.5, 0.6) is 5.75 Å². The molecule has 1 unspecified atom stereocenters. The standard InChI is InChI=1S/C17H24O4/c1-10-14(8-15-16(10)11(2)17(18)21-15)20-9-12-4-6-13(19-3)7-5-12/h4-7,10-11,14-18H,8-9H2,1-3H3/t10-,11+,14+,15-,16-,17?/m1/s1. The van der Waals surface area contributed by atoms with E-state index < -0.39 is 6.29 Å². The van der Waals surface area contributed by atoms with Crippen LogP contribution in [0, 0.1) is 17.8 Å². The SMILES string of the molecule is COc1ccc(CO[C@H]2C[C@H]3OC(O)[C@@H](C)[C@H]3[C@@H]2C)cc1. The van der Waals surface area contributed by atoms with Crippen LogP contribution in [-0.4, -0.2) is 30.7 Å². The molecule has 1 aliphatic heterocycles. The summed E-state index contributed by atoms with van der Waals surface area (Å²) in [5, 5.41) is 9.79. The zero-order valence-corrected chi connectivity index (χ0v) is 12.9. The fourth-order valence-corrected chi connectivity index (χ4v) is 3.79. The van der Waals surface area contributed by atoms with Gasteiger partial charge < -0.3 is 19.3 Å². The predicted octanol–water partition coefficient (Wildman–Crippen LogP) is 2.59. The summed E-state index contributed by atoms with van der Waals surface area (Å²) in [6.45, 7) is 4.88. The van der Waals surface area contributed by atoms with Crippen LogP contribution >= 0.6 is 0 Å². The maximum absolute atomic E-state index is 9.79. The molecule has 1 saturated heterocycles. The van der Waals surface area contributed by atoms with Gasteiger partial charge in [0.15, 0.2) is 6.29 Å². The lowest BCUT2D eigenvalue weighted by atomic mass is 9.86. The first-order valence-corrected chi connectivity index (χ1v) is 7.68. The molecule has 6 atom stereocenters. The molecule has 21 heavy (non-hydrogen) atoms. The van der Waals surface area contributed by atoms with E-state index in [4.69, 9.17) is 14.2 Å². The molecule has 4 heteroatoms. The van der Waals surface area contributed by atoms with Crippen molar-refractivity contribution in [3.63, 3.8) is 0 Å². The van der Waals surface area contributed by atoms with Crippen LogP contribution in [-0.2, 0) is 16.1 Å². The molecule has 2 fully saturated rings. The zero-order chi connectivity index (χ0) is 15.0. The van der Waals surface area contributed by atoms with Crippen molar-refractivity contribution in [1.29, 1.82) is 0 Å². The highest BCUT2D eigenvalue weighted by Crippen LogP contribution is 2.47. The lowest BCUT2D eigenvalue weighted by Gasteiger charge is -2.23. The van der Waals surface area contributed by atoms with Crippen LogP contribution in [0.15, 0.2) is 24.3 Å². The molecule has 0 amide bonds. The zero-order valence-electron chi connectivity index (χ0n) is 12.9. The maximum Gasteiger partial charge on any atom is 0.157 e. The molecule has 0 spiro atoms. The van der Waals surface area contributed by atoms with Gasteiger partial charge >= 0.3 is 0 Å². The van der Waals surface area contributed by atoms with Gasteiger partial charge in [-0.15, -0.1) is 0 Å². The summed E-state index contributed by atoms with van der Waals surface area (Å²) in [5.41, 5.74) is 1.15. The van der Waals surface area contributed by atoms with Crippen molar-refractivity contribution in [1.82, 2.24) is 0 Å². The average molecular weight is 292 g/mol. The van der Waals surface area contributed by atoms with Gasteiger partial charge in [0, 0.05) is 12.3 Å². The molecule has 1 saturated carbocycles. The number of rotatable bonds is 4. The summed E-state index contributed by atoms with van der Waals surface area (Å²) in [6, 6.07) is 7.96. The fraction of sp³-hybridized carbons (Fsp3) is 0.647. The first-order chi connectivity index (χ1) is 10.1. The summed E-state index contributed by atoms with van der Waals surface area (Å²) in [4.78, 5) is 0. The quantitative estimate of drug-likeness (QED) is 0.926. The van der Waals surface area contributed by atoms with E-state index in [1.165, 1.54) is 0 Å². The van der Waals surface area contributed by atoms with Crippen molar-refractivity contribution in [3.8, 4) is 5.75 Å². The molecular formula is C17H24O4. The fourth-order valence-electron chi connectivity index (χ4n) is 3.79. The van der Waals surface area contributed by atoms with Crippen LogP contribution < -0.4 is 4.74 Å². The third kappa shape index (κ3) is 2.80. The molecule has 4 nitrogen and oxygen atoms in total. The van der Waals surface area contributed by atoms with E-state index in [0.717, 1.165) is 17.7 Å². The highest BCUT2D eigenvalue weighted by molar-refractivity contribution is 5.26. The average Bonchev–Trinajstić information content (AvgIpc) is 2.95. The number of methoxy groups -OCH3 is 1. The molecule has 0 radical (unpaired) electrons. The first kappa shape index (κ1) is 14.8. The van der Waals surface area contributed by atoms with E-state index in [2.05, 4.69) is 13.8 Å². The van der Waals surface area contributed by atoms with Gasteiger partial charge in [-0.2, -0.15) is 0 Å². The lowest BCUT2D eigenvalue weighted by Crippen LogP contribution is -2.26. The van der Waals surface area contributed by atoms with Gasteiger partial charge in [0.2, 0.25) is 0 Å². The number of hydrogen-bond donors (Lipinski definition) is 1. The number of aliphatic hydroxyl groups is 1. The minimum absolute atomic E-state index is 0.144. The smallest absolute Gasteiger partial charge is 0.157 e. The normalized spacial score (nSPS) is 38.5. The molecule has 1 aromatic rings. The van der Waals surface area contributed by atoms with E-state index >= 15 is 0 Å². The molecule has 1 aliphatic carbocycles. The summed E-state index contributed by atoms with van der Waals surface area (Å²) < 4.78 is 16.9. The Balaban J connectivity index is 1.57. The largest absolute Gasteiger partial charge is 0.497 e. The lowest BCUT2D eigenvalue weighted by molar-refractivity contribution is -0.115. The third-order valence-corrected chi connectivity index (χ3v) is 5.08. The van der Waals surface area contributed by atoms with Gasteiger partial charge in [0.05, 0.1) is 25.9 Å². The number of benzene rings is 1. The Morgan fingerprint density at radius 3 is 2.52 bits per heavy atom. The highest BCUT2D eigenvalue weighted by atomic mass is 16.6. The summed E-state index contributed by atoms with van der Waals surface area (Å²) in [5.74, 6) is 1.87. The van der Waals surface area contributed by atoms with Gasteiger partial charge in [-0.05, 0) is 29.5 Å². The van der Waals surface area contributed by atoms with Crippen molar-refractivity contribution >= 4 is 0 Å². The molecular weight excluding hydrogens is 268 g/mol. The van der Waals surface area contributed by atoms with E-state index in [0.29, 0.717) is 18.4 Å². The van der Waals surface area contributed by atoms with Crippen molar-refractivity contribution < 1.29 is 19.3 Å². The number of ether oxygens (including phenoxy) is 3. The predicted molar refractivity (Wildman–Crippen MR) is 78.9 cm³/mol. The summed E-state index contributed by atoms with van der Waals surface area (Å²) in [6.07, 6.45) is 0.622. The first-order valence-electron chi connectivity index (χ1n) is 7.68.